The Labute approximate surface area is 151 Å². The number of carbonyl (C=O) groups is 1. The van der Waals surface area contributed by atoms with Crippen molar-refractivity contribution < 1.29 is 13.2 Å². The van der Waals surface area contributed by atoms with Crippen molar-refractivity contribution in [3.05, 3.63) is 34.9 Å². The number of aryl methyl sites for hydroxylation is 2. The number of nitrogens with zero attached hydrogens (tertiary/aromatic N) is 1. The van der Waals surface area contributed by atoms with E-state index < -0.39 is 10.0 Å². The Morgan fingerprint density at radius 1 is 1.28 bits per heavy atom. The van der Waals surface area contributed by atoms with E-state index in [9.17, 15) is 13.2 Å². The number of amides is 1. The van der Waals surface area contributed by atoms with Gasteiger partial charge < -0.3 is 5.32 Å². The van der Waals surface area contributed by atoms with Crippen LogP contribution in [-0.2, 0) is 14.8 Å². The van der Waals surface area contributed by atoms with Gasteiger partial charge in [0.1, 0.15) is 0 Å². The molecule has 5 nitrogen and oxygen atoms in total. The summed E-state index contributed by atoms with van der Waals surface area (Å²) in [6.07, 6.45) is 2.28. The first-order valence-electron chi connectivity index (χ1n) is 9.13. The van der Waals surface area contributed by atoms with Gasteiger partial charge in [0.25, 0.3) is 0 Å². The fourth-order valence-electron chi connectivity index (χ4n) is 3.28. The molecule has 0 bridgehead atoms. The Morgan fingerprint density at radius 3 is 2.60 bits per heavy atom. The summed E-state index contributed by atoms with van der Waals surface area (Å²) in [6.45, 7) is 8.66. The molecular weight excluding hydrogens is 336 g/mol. The molecule has 140 valence electrons. The highest BCUT2D eigenvalue weighted by Crippen LogP contribution is 2.23. The largest absolute Gasteiger partial charge is 0.349 e. The molecule has 0 aliphatic carbocycles. The molecular formula is C19H30N2O3S. The number of benzene rings is 1. The average Bonchev–Trinajstić information content (AvgIpc) is 2.62. The highest BCUT2D eigenvalue weighted by Gasteiger charge is 2.32. The van der Waals surface area contributed by atoms with Crippen LogP contribution in [0.5, 0.6) is 0 Å². The summed E-state index contributed by atoms with van der Waals surface area (Å²) in [4.78, 5) is 12.7. The van der Waals surface area contributed by atoms with Crippen molar-refractivity contribution in [3.8, 4) is 0 Å². The maximum atomic E-state index is 12.7. The highest BCUT2D eigenvalue weighted by molar-refractivity contribution is 7.89. The smallest absolute Gasteiger partial charge is 0.224 e. The van der Waals surface area contributed by atoms with Gasteiger partial charge in [0.15, 0.2) is 0 Å². The van der Waals surface area contributed by atoms with Crippen molar-refractivity contribution >= 4 is 15.9 Å². The van der Waals surface area contributed by atoms with Crippen LogP contribution in [0.3, 0.4) is 0 Å². The molecule has 0 radical (unpaired) electrons. The van der Waals surface area contributed by atoms with Crippen LogP contribution in [0.2, 0.25) is 0 Å². The van der Waals surface area contributed by atoms with E-state index in [0.717, 1.165) is 24.8 Å². The summed E-state index contributed by atoms with van der Waals surface area (Å²) in [7, 11) is -3.23. The summed E-state index contributed by atoms with van der Waals surface area (Å²) in [5, 5.41) is 3.13. The molecule has 1 heterocycles. The fraction of sp³-hybridized carbons (Fsp3) is 0.632. The number of piperidine rings is 1. The van der Waals surface area contributed by atoms with Crippen LogP contribution in [0.25, 0.3) is 0 Å². The first kappa shape index (κ1) is 19.9. The molecule has 1 aliphatic rings. The standard InChI is InChI=1S/C19H30N2O3S/c1-5-18(16-10-9-14(3)15(4)12-16)20-19(22)17-8-7-11-21(13-17)25(23,24)6-2/h9-10,12,17-18H,5-8,11,13H2,1-4H3,(H,20,22)/t17-,18-/m1/s1. The Kier molecular flexibility index (Phi) is 6.63. The van der Waals surface area contributed by atoms with Crippen LogP contribution in [0.4, 0.5) is 0 Å². The van der Waals surface area contributed by atoms with E-state index in [4.69, 9.17) is 0 Å². The van der Waals surface area contributed by atoms with Gasteiger partial charge in [0.05, 0.1) is 17.7 Å². The highest BCUT2D eigenvalue weighted by atomic mass is 32.2. The first-order chi connectivity index (χ1) is 11.8. The van der Waals surface area contributed by atoms with Gasteiger partial charge >= 0.3 is 0 Å². The van der Waals surface area contributed by atoms with Gasteiger partial charge in [-0.25, -0.2) is 12.7 Å². The second-order valence-electron chi connectivity index (χ2n) is 6.91. The number of rotatable bonds is 6. The van der Waals surface area contributed by atoms with E-state index in [-0.39, 0.29) is 23.6 Å². The predicted octanol–water partition coefficient (Wildman–Crippen LogP) is 2.93. The normalized spacial score (nSPS) is 20.2. The van der Waals surface area contributed by atoms with Crippen molar-refractivity contribution in [3.63, 3.8) is 0 Å². The number of sulfonamides is 1. The second-order valence-corrected chi connectivity index (χ2v) is 9.17. The average molecular weight is 367 g/mol. The minimum absolute atomic E-state index is 0.0371. The van der Waals surface area contributed by atoms with Crippen molar-refractivity contribution in [2.24, 2.45) is 5.92 Å². The third-order valence-corrected chi connectivity index (χ3v) is 7.02. The number of carbonyl (C=O) groups excluding carboxylic acids is 1. The Hall–Kier alpha value is -1.40. The molecule has 1 aromatic rings. The lowest BCUT2D eigenvalue weighted by molar-refractivity contribution is -0.126. The van der Waals surface area contributed by atoms with Gasteiger partial charge in [0, 0.05) is 13.1 Å². The van der Waals surface area contributed by atoms with E-state index in [1.165, 1.54) is 15.4 Å². The van der Waals surface area contributed by atoms with Crippen LogP contribution in [0.1, 0.15) is 55.8 Å². The maximum Gasteiger partial charge on any atom is 0.224 e. The number of nitrogens with one attached hydrogen (secondary N) is 1. The summed E-state index contributed by atoms with van der Waals surface area (Å²) in [5.41, 5.74) is 3.55. The summed E-state index contributed by atoms with van der Waals surface area (Å²) in [5.74, 6) is -0.224. The van der Waals surface area contributed by atoms with E-state index in [2.05, 4.69) is 44.3 Å². The van der Waals surface area contributed by atoms with Crippen LogP contribution in [0, 0.1) is 19.8 Å². The SMILES string of the molecule is CC[C@@H](NC(=O)[C@@H]1CCCN(S(=O)(=O)CC)C1)c1ccc(C)c(C)c1. The van der Waals surface area contributed by atoms with Crippen LogP contribution in [0.15, 0.2) is 18.2 Å². The summed E-state index contributed by atoms with van der Waals surface area (Å²) < 4.78 is 25.6. The van der Waals surface area contributed by atoms with E-state index in [1.807, 2.05) is 0 Å². The molecule has 1 fully saturated rings. The third kappa shape index (κ3) is 4.82. The minimum Gasteiger partial charge on any atom is -0.349 e. The van der Waals surface area contributed by atoms with Gasteiger partial charge in [-0.15, -0.1) is 0 Å². The number of hydrogen-bond acceptors (Lipinski definition) is 3. The number of hydrogen-bond donors (Lipinski definition) is 1. The molecule has 1 saturated heterocycles. The van der Waals surface area contributed by atoms with E-state index >= 15 is 0 Å². The van der Waals surface area contributed by atoms with Crippen molar-refractivity contribution in [2.75, 3.05) is 18.8 Å². The lowest BCUT2D eigenvalue weighted by Crippen LogP contribution is -2.46. The molecule has 0 saturated carbocycles. The topological polar surface area (TPSA) is 66.5 Å². The summed E-state index contributed by atoms with van der Waals surface area (Å²) in [6, 6.07) is 6.23. The molecule has 1 aromatic carbocycles. The molecule has 0 aromatic heterocycles. The van der Waals surface area contributed by atoms with Crippen molar-refractivity contribution in [1.29, 1.82) is 0 Å². The van der Waals surface area contributed by atoms with Crippen LogP contribution >= 0.6 is 0 Å². The Morgan fingerprint density at radius 2 is 2.00 bits per heavy atom. The van der Waals surface area contributed by atoms with Gasteiger partial charge in [-0.2, -0.15) is 0 Å². The van der Waals surface area contributed by atoms with Crippen LogP contribution in [-0.4, -0.2) is 37.5 Å². The van der Waals surface area contributed by atoms with Crippen molar-refractivity contribution in [2.45, 2.75) is 53.0 Å². The maximum absolute atomic E-state index is 12.7. The molecule has 1 amide bonds. The van der Waals surface area contributed by atoms with E-state index in [1.54, 1.807) is 6.92 Å². The van der Waals surface area contributed by atoms with E-state index in [0.29, 0.717) is 13.1 Å². The van der Waals surface area contributed by atoms with Gasteiger partial charge in [-0.05, 0) is 56.7 Å². The summed E-state index contributed by atoms with van der Waals surface area (Å²) >= 11 is 0. The molecule has 25 heavy (non-hydrogen) atoms. The predicted molar refractivity (Wildman–Crippen MR) is 101 cm³/mol. The quantitative estimate of drug-likeness (QED) is 0.842. The van der Waals surface area contributed by atoms with Gasteiger partial charge in [0.2, 0.25) is 15.9 Å². The van der Waals surface area contributed by atoms with Gasteiger partial charge in [-0.3, -0.25) is 4.79 Å². The molecule has 2 atom stereocenters. The molecule has 0 spiro atoms. The lowest BCUT2D eigenvalue weighted by atomic mass is 9.96. The minimum atomic E-state index is -3.23. The van der Waals surface area contributed by atoms with Crippen molar-refractivity contribution in [1.82, 2.24) is 9.62 Å². The Balaban J connectivity index is 2.07. The molecule has 2 rings (SSSR count). The third-order valence-electron chi connectivity index (χ3n) is 5.17. The zero-order valence-corrected chi connectivity index (χ0v) is 16.5. The monoisotopic (exact) mass is 366 g/mol. The lowest BCUT2D eigenvalue weighted by Gasteiger charge is -2.32. The second kappa shape index (κ2) is 8.32. The first-order valence-corrected chi connectivity index (χ1v) is 10.7. The zero-order valence-electron chi connectivity index (χ0n) is 15.7. The fourth-order valence-corrected chi connectivity index (χ4v) is 4.46. The Bertz CT molecular complexity index is 715. The molecule has 0 unspecified atom stereocenters. The zero-order chi connectivity index (χ0) is 18.6. The van der Waals surface area contributed by atoms with Gasteiger partial charge in [-0.1, -0.05) is 25.1 Å². The van der Waals surface area contributed by atoms with Crippen LogP contribution < -0.4 is 5.32 Å². The molecule has 6 heteroatoms. The molecule has 1 aliphatic heterocycles. The molecule has 1 N–H and O–H groups in total.